The molecule has 2 saturated heterocycles. The summed E-state index contributed by atoms with van der Waals surface area (Å²) in [5.74, 6) is 1.50. The monoisotopic (exact) mass is 359 g/mol. The highest BCUT2D eigenvalue weighted by atomic mass is 35.5. The molecule has 2 rings (SSSR count). The molecule has 2 amide bonds. The molecule has 2 aliphatic heterocycles. The van der Waals surface area contributed by atoms with Crippen LogP contribution in [0.5, 0.6) is 0 Å². The van der Waals surface area contributed by atoms with Crippen LogP contribution in [0, 0.1) is 17.3 Å². The van der Waals surface area contributed by atoms with Crippen LogP contribution < -0.4 is 5.32 Å². The Morgan fingerprint density at radius 1 is 1.12 bits per heavy atom. The second-order valence-electron chi connectivity index (χ2n) is 8.21. The van der Waals surface area contributed by atoms with Crippen LogP contribution in [0.25, 0.3) is 0 Å². The first-order valence-corrected chi connectivity index (χ1v) is 9.07. The molecule has 2 aliphatic rings. The molecule has 6 heteroatoms. The Morgan fingerprint density at radius 2 is 1.71 bits per heavy atom. The number of rotatable bonds is 3. The van der Waals surface area contributed by atoms with Gasteiger partial charge in [-0.25, -0.2) is 0 Å². The van der Waals surface area contributed by atoms with Crippen molar-refractivity contribution in [3.05, 3.63) is 0 Å². The summed E-state index contributed by atoms with van der Waals surface area (Å²) in [4.78, 5) is 28.7. The van der Waals surface area contributed by atoms with Crippen molar-refractivity contribution >= 4 is 24.2 Å². The summed E-state index contributed by atoms with van der Waals surface area (Å²) in [7, 11) is 0. The minimum absolute atomic E-state index is 0. The number of carbonyl (C=O) groups is 2. The van der Waals surface area contributed by atoms with Crippen LogP contribution in [0.15, 0.2) is 0 Å². The van der Waals surface area contributed by atoms with E-state index >= 15 is 0 Å². The largest absolute Gasteiger partial charge is 0.339 e. The molecule has 2 unspecified atom stereocenters. The number of hydrogen-bond acceptors (Lipinski definition) is 3. The summed E-state index contributed by atoms with van der Waals surface area (Å²) in [6.45, 7) is 12.9. The van der Waals surface area contributed by atoms with Crippen LogP contribution in [0.3, 0.4) is 0 Å². The SMILES string of the molecule is CC(CC(=O)N1CCN(C(=O)C(C)(C)C)CC1)C1CCCNC1.Cl. The minimum Gasteiger partial charge on any atom is -0.339 e. The second-order valence-corrected chi connectivity index (χ2v) is 8.21. The van der Waals surface area contributed by atoms with Crippen LogP contribution in [0.2, 0.25) is 0 Å². The van der Waals surface area contributed by atoms with Gasteiger partial charge in [0.1, 0.15) is 0 Å². The van der Waals surface area contributed by atoms with E-state index in [1.165, 1.54) is 12.8 Å². The highest BCUT2D eigenvalue weighted by Gasteiger charge is 2.31. The van der Waals surface area contributed by atoms with Crippen molar-refractivity contribution < 1.29 is 9.59 Å². The maximum absolute atomic E-state index is 12.5. The van der Waals surface area contributed by atoms with E-state index in [-0.39, 0.29) is 29.6 Å². The molecule has 1 N–H and O–H groups in total. The number of amides is 2. The molecule has 140 valence electrons. The first kappa shape index (κ1) is 21.2. The average molecular weight is 360 g/mol. The normalized spacial score (nSPS) is 23.4. The zero-order chi connectivity index (χ0) is 17.0. The van der Waals surface area contributed by atoms with E-state index in [4.69, 9.17) is 0 Å². The number of piperazine rings is 1. The van der Waals surface area contributed by atoms with Gasteiger partial charge in [-0.2, -0.15) is 0 Å². The lowest BCUT2D eigenvalue weighted by Gasteiger charge is -2.38. The third-order valence-electron chi connectivity index (χ3n) is 5.20. The number of nitrogens with one attached hydrogen (secondary N) is 1. The van der Waals surface area contributed by atoms with Gasteiger partial charge in [0.2, 0.25) is 11.8 Å². The maximum atomic E-state index is 12.5. The zero-order valence-corrected chi connectivity index (χ0v) is 16.5. The van der Waals surface area contributed by atoms with Crippen LogP contribution in [0.1, 0.15) is 47.0 Å². The van der Waals surface area contributed by atoms with Crippen LogP contribution in [0.4, 0.5) is 0 Å². The zero-order valence-electron chi connectivity index (χ0n) is 15.6. The molecular weight excluding hydrogens is 326 g/mol. The summed E-state index contributed by atoms with van der Waals surface area (Å²) in [5.41, 5.74) is -0.339. The summed E-state index contributed by atoms with van der Waals surface area (Å²) < 4.78 is 0. The lowest BCUT2D eigenvalue weighted by Crippen LogP contribution is -2.53. The van der Waals surface area contributed by atoms with Gasteiger partial charge < -0.3 is 15.1 Å². The molecule has 0 spiro atoms. The smallest absolute Gasteiger partial charge is 0.228 e. The van der Waals surface area contributed by atoms with Crippen molar-refractivity contribution in [2.45, 2.75) is 47.0 Å². The summed E-state index contributed by atoms with van der Waals surface area (Å²) in [6, 6.07) is 0. The lowest BCUT2D eigenvalue weighted by molar-refractivity contribution is -0.145. The number of nitrogens with zero attached hydrogens (tertiary/aromatic N) is 2. The van der Waals surface area contributed by atoms with Gasteiger partial charge >= 0.3 is 0 Å². The second kappa shape index (κ2) is 9.04. The summed E-state index contributed by atoms with van der Waals surface area (Å²) >= 11 is 0. The number of halogens is 1. The predicted octanol–water partition coefficient (Wildman–Crippen LogP) is 2.15. The molecule has 0 saturated carbocycles. The van der Waals surface area contributed by atoms with E-state index in [1.807, 2.05) is 30.6 Å². The summed E-state index contributed by atoms with van der Waals surface area (Å²) in [6.07, 6.45) is 3.09. The molecule has 24 heavy (non-hydrogen) atoms. The predicted molar refractivity (Wildman–Crippen MR) is 99.2 cm³/mol. The van der Waals surface area contributed by atoms with E-state index in [0.29, 0.717) is 44.4 Å². The molecule has 0 aromatic heterocycles. The Balaban J connectivity index is 0.00000288. The van der Waals surface area contributed by atoms with Crippen molar-refractivity contribution in [3.8, 4) is 0 Å². The van der Waals surface area contributed by atoms with Gasteiger partial charge in [-0.15, -0.1) is 12.4 Å². The molecule has 0 aliphatic carbocycles. The molecular formula is C18H34ClN3O2. The van der Waals surface area contributed by atoms with E-state index in [1.54, 1.807) is 0 Å². The average Bonchev–Trinajstić information content (AvgIpc) is 2.54. The van der Waals surface area contributed by atoms with Crippen LogP contribution in [-0.4, -0.2) is 60.9 Å². The van der Waals surface area contributed by atoms with E-state index in [9.17, 15) is 9.59 Å². The van der Waals surface area contributed by atoms with Gasteiger partial charge in [-0.3, -0.25) is 9.59 Å². The Kier molecular flexibility index (Phi) is 8.00. The Bertz CT molecular complexity index is 422. The Labute approximate surface area is 152 Å². The first-order valence-electron chi connectivity index (χ1n) is 9.07. The van der Waals surface area contributed by atoms with E-state index < -0.39 is 0 Å². The van der Waals surface area contributed by atoms with E-state index in [0.717, 1.165) is 13.1 Å². The molecule has 2 atom stereocenters. The minimum atomic E-state index is -0.339. The van der Waals surface area contributed by atoms with Gasteiger partial charge in [0.15, 0.2) is 0 Å². The van der Waals surface area contributed by atoms with Crippen molar-refractivity contribution in [2.75, 3.05) is 39.3 Å². The standard InChI is InChI=1S/C18H33N3O2.ClH/c1-14(15-6-5-7-19-13-15)12-16(22)20-8-10-21(11-9-20)17(23)18(2,3)4;/h14-15,19H,5-13H2,1-4H3;1H. The third-order valence-corrected chi connectivity index (χ3v) is 5.20. The molecule has 2 fully saturated rings. The molecule has 0 aromatic carbocycles. The van der Waals surface area contributed by atoms with Crippen molar-refractivity contribution in [3.63, 3.8) is 0 Å². The van der Waals surface area contributed by atoms with Crippen LogP contribution >= 0.6 is 12.4 Å². The number of hydrogen-bond donors (Lipinski definition) is 1. The van der Waals surface area contributed by atoms with Crippen molar-refractivity contribution in [2.24, 2.45) is 17.3 Å². The molecule has 5 nitrogen and oxygen atoms in total. The molecule has 0 aromatic rings. The molecule has 0 radical (unpaired) electrons. The van der Waals surface area contributed by atoms with Gasteiger partial charge in [0, 0.05) is 38.0 Å². The molecule has 0 bridgehead atoms. The topological polar surface area (TPSA) is 52.7 Å². The fourth-order valence-electron chi connectivity index (χ4n) is 3.57. The van der Waals surface area contributed by atoms with Crippen molar-refractivity contribution in [1.82, 2.24) is 15.1 Å². The quantitative estimate of drug-likeness (QED) is 0.840. The maximum Gasteiger partial charge on any atom is 0.228 e. The van der Waals surface area contributed by atoms with Gasteiger partial charge in [0.25, 0.3) is 0 Å². The van der Waals surface area contributed by atoms with Gasteiger partial charge in [-0.05, 0) is 37.8 Å². The van der Waals surface area contributed by atoms with Gasteiger partial charge in [0.05, 0.1) is 0 Å². The Hall–Kier alpha value is -0.810. The van der Waals surface area contributed by atoms with Crippen molar-refractivity contribution in [1.29, 1.82) is 0 Å². The highest BCUT2D eigenvalue weighted by Crippen LogP contribution is 2.24. The number of carbonyl (C=O) groups excluding carboxylic acids is 2. The van der Waals surface area contributed by atoms with Crippen LogP contribution in [-0.2, 0) is 9.59 Å². The summed E-state index contributed by atoms with van der Waals surface area (Å²) in [5, 5.41) is 3.43. The van der Waals surface area contributed by atoms with E-state index in [2.05, 4.69) is 12.2 Å². The molecule has 2 heterocycles. The fourth-order valence-corrected chi connectivity index (χ4v) is 3.57. The third kappa shape index (κ3) is 5.62. The fraction of sp³-hybridized carbons (Fsp3) is 0.889. The Morgan fingerprint density at radius 3 is 2.21 bits per heavy atom. The number of piperidine rings is 1. The first-order chi connectivity index (χ1) is 10.8. The lowest BCUT2D eigenvalue weighted by atomic mass is 9.85. The highest BCUT2D eigenvalue weighted by molar-refractivity contribution is 5.85. The van der Waals surface area contributed by atoms with Gasteiger partial charge in [-0.1, -0.05) is 27.7 Å².